The summed E-state index contributed by atoms with van der Waals surface area (Å²) in [6.45, 7) is 1.69. The van der Waals surface area contributed by atoms with Gasteiger partial charge < -0.3 is 5.73 Å². The fraction of sp³-hybridized carbons (Fsp3) is 0.400. The highest BCUT2D eigenvalue weighted by molar-refractivity contribution is 6.30. The van der Waals surface area contributed by atoms with Gasteiger partial charge in [-0.05, 0) is 30.2 Å². The van der Waals surface area contributed by atoms with Crippen molar-refractivity contribution in [3.8, 4) is 0 Å². The zero-order valence-corrected chi connectivity index (χ0v) is 8.86. The topological polar surface area (TPSA) is 26.0 Å². The number of benzene rings is 1. The molecule has 0 saturated carbocycles. The molecule has 0 unspecified atom stereocenters. The number of nitrogens with two attached hydrogens (primary N) is 1. The summed E-state index contributed by atoms with van der Waals surface area (Å²) in [6, 6.07) is 3.66. The maximum Gasteiger partial charge on any atom is 0.390 e. The van der Waals surface area contributed by atoms with Gasteiger partial charge in [-0.15, -0.1) is 0 Å². The van der Waals surface area contributed by atoms with Crippen LogP contribution in [0.5, 0.6) is 0 Å². The lowest BCUT2D eigenvalue weighted by molar-refractivity contribution is -0.138. The molecule has 0 saturated heterocycles. The third kappa shape index (κ3) is 3.72. The molecule has 1 aromatic carbocycles. The van der Waals surface area contributed by atoms with Crippen molar-refractivity contribution in [2.75, 3.05) is 0 Å². The van der Waals surface area contributed by atoms with E-state index in [1.807, 2.05) is 0 Å². The van der Waals surface area contributed by atoms with Crippen LogP contribution in [0.1, 0.15) is 23.6 Å². The molecule has 1 nitrogen and oxygen atoms in total. The van der Waals surface area contributed by atoms with Crippen molar-refractivity contribution < 1.29 is 13.2 Å². The van der Waals surface area contributed by atoms with Gasteiger partial charge in [-0.2, -0.15) is 13.2 Å². The van der Waals surface area contributed by atoms with E-state index in [4.69, 9.17) is 17.3 Å². The molecule has 0 aromatic heterocycles. The Morgan fingerprint density at radius 1 is 1.40 bits per heavy atom. The first-order chi connectivity index (χ1) is 6.79. The summed E-state index contributed by atoms with van der Waals surface area (Å²) in [5.41, 5.74) is 6.63. The average molecular weight is 238 g/mol. The maximum atomic E-state index is 12.1. The highest BCUT2D eigenvalue weighted by atomic mass is 35.5. The molecule has 0 spiro atoms. The summed E-state index contributed by atoms with van der Waals surface area (Å²) in [5.74, 6) is 0. The Morgan fingerprint density at radius 3 is 2.47 bits per heavy atom. The van der Waals surface area contributed by atoms with Crippen LogP contribution in [0.3, 0.4) is 0 Å². The molecule has 1 atom stereocenters. The first-order valence-corrected chi connectivity index (χ1v) is 4.76. The van der Waals surface area contributed by atoms with Gasteiger partial charge in [0, 0.05) is 11.1 Å². The van der Waals surface area contributed by atoms with E-state index in [0.717, 1.165) is 0 Å². The molecule has 0 heterocycles. The molecule has 0 radical (unpaired) electrons. The molecular formula is C10H11ClF3N. The van der Waals surface area contributed by atoms with Crippen LogP contribution < -0.4 is 5.73 Å². The summed E-state index contributed by atoms with van der Waals surface area (Å²) < 4.78 is 36.3. The van der Waals surface area contributed by atoms with Crippen LogP contribution in [0.15, 0.2) is 18.2 Å². The van der Waals surface area contributed by atoms with E-state index in [1.54, 1.807) is 19.1 Å². The number of hydrogen-bond acceptors (Lipinski definition) is 1. The molecule has 0 fully saturated rings. The van der Waals surface area contributed by atoms with Gasteiger partial charge in [0.1, 0.15) is 0 Å². The molecule has 5 heteroatoms. The van der Waals surface area contributed by atoms with Gasteiger partial charge in [-0.25, -0.2) is 0 Å². The second-order valence-electron chi connectivity index (χ2n) is 3.43. The van der Waals surface area contributed by atoms with Crippen LogP contribution >= 0.6 is 11.6 Å². The third-order valence-corrected chi connectivity index (χ3v) is 2.32. The molecular weight excluding hydrogens is 227 g/mol. The average Bonchev–Trinajstić information content (AvgIpc) is 1.99. The van der Waals surface area contributed by atoms with Crippen LogP contribution in [-0.4, -0.2) is 6.18 Å². The van der Waals surface area contributed by atoms with Gasteiger partial charge in [0.15, 0.2) is 0 Å². The van der Waals surface area contributed by atoms with E-state index in [-0.39, 0.29) is 0 Å². The summed E-state index contributed by atoms with van der Waals surface area (Å²) >= 11 is 5.69. The smallest absolute Gasteiger partial charge is 0.324 e. The minimum absolute atomic E-state index is 0.483. The molecule has 0 bridgehead atoms. The summed E-state index contributed by atoms with van der Waals surface area (Å²) in [5, 5.41) is 0.496. The number of halogens is 4. The van der Waals surface area contributed by atoms with Crippen LogP contribution in [0.4, 0.5) is 13.2 Å². The van der Waals surface area contributed by atoms with Gasteiger partial charge in [0.25, 0.3) is 0 Å². The Balaban J connectivity index is 2.87. The summed E-state index contributed by atoms with van der Waals surface area (Å²) in [7, 11) is 0. The lowest BCUT2D eigenvalue weighted by Gasteiger charge is -2.16. The number of hydrogen-bond donors (Lipinski definition) is 1. The zero-order valence-electron chi connectivity index (χ0n) is 8.11. The Labute approximate surface area is 91.0 Å². The van der Waals surface area contributed by atoms with Crippen LogP contribution in [0.25, 0.3) is 0 Å². The third-order valence-electron chi connectivity index (χ3n) is 2.08. The quantitative estimate of drug-likeness (QED) is 0.836. The zero-order chi connectivity index (χ0) is 11.6. The lowest BCUT2D eigenvalue weighted by atomic mass is 9.99. The SMILES string of the molecule is Cc1cc(Cl)ccc1[C@H](N)CC(F)(F)F. The van der Waals surface area contributed by atoms with Crippen molar-refractivity contribution in [2.45, 2.75) is 25.6 Å². The highest BCUT2D eigenvalue weighted by Crippen LogP contribution is 2.30. The Bertz CT molecular complexity index is 349. The number of alkyl halides is 3. The van der Waals surface area contributed by atoms with Crippen LogP contribution in [0.2, 0.25) is 5.02 Å². The maximum absolute atomic E-state index is 12.1. The molecule has 2 N–H and O–H groups in total. The fourth-order valence-electron chi connectivity index (χ4n) is 1.41. The Kier molecular flexibility index (Phi) is 3.62. The van der Waals surface area contributed by atoms with E-state index < -0.39 is 18.6 Å². The normalized spacial score (nSPS) is 14.0. The van der Waals surface area contributed by atoms with Crippen molar-refractivity contribution in [1.29, 1.82) is 0 Å². The molecule has 84 valence electrons. The van der Waals surface area contributed by atoms with E-state index in [1.165, 1.54) is 6.07 Å². The van der Waals surface area contributed by atoms with E-state index in [2.05, 4.69) is 0 Å². The Hall–Kier alpha value is -0.740. The molecule has 0 amide bonds. The van der Waals surface area contributed by atoms with Crippen LogP contribution in [0, 0.1) is 6.92 Å². The first-order valence-electron chi connectivity index (χ1n) is 4.38. The Morgan fingerprint density at radius 2 is 2.00 bits per heavy atom. The fourth-order valence-corrected chi connectivity index (χ4v) is 1.64. The number of rotatable bonds is 2. The van der Waals surface area contributed by atoms with Crippen molar-refractivity contribution in [1.82, 2.24) is 0 Å². The molecule has 0 aliphatic rings. The van der Waals surface area contributed by atoms with Crippen molar-refractivity contribution in [2.24, 2.45) is 5.73 Å². The molecule has 0 aliphatic carbocycles. The van der Waals surface area contributed by atoms with Gasteiger partial charge in [0.05, 0.1) is 6.42 Å². The standard InChI is InChI=1S/C10H11ClF3N/c1-6-4-7(11)2-3-8(6)9(15)5-10(12,13)14/h2-4,9H,5,15H2,1H3/t9-/m1/s1. The molecule has 0 aliphatic heterocycles. The molecule has 15 heavy (non-hydrogen) atoms. The van der Waals surface area contributed by atoms with E-state index in [0.29, 0.717) is 16.1 Å². The summed E-state index contributed by atoms with van der Waals surface area (Å²) in [6.07, 6.45) is -5.26. The predicted octanol–water partition coefficient (Wildman–Crippen LogP) is 3.60. The second-order valence-corrected chi connectivity index (χ2v) is 3.86. The lowest BCUT2D eigenvalue weighted by Crippen LogP contribution is -2.20. The van der Waals surface area contributed by atoms with Gasteiger partial charge >= 0.3 is 6.18 Å². The van der Waals surface area contributed by atoms with E-state index >= 15 is 0 Å². The first kappa shape index (κ1) is 12.3. The van der Waals surface area contributed by atoms with E-state index in [9.17, 15) is 13.2 Å². The van der Waals surface area contributed by atoms with Crippen LogP contribution in [-0.2, 0) is 0 Å². The minimum atomic E-state index is -4.24. The summed E-state index contributed by atoms with van der Waals surface area (Å²) in [4.78, 5) is 0. The second kappa shape index (κ2) is 4.41. The van der Waals surface area contributed by atoms with Crippen molar-refractivity contribution in [3.05, 3.63) is 34.3 Å². The minimum Gasteiger partial charge on any atom is -0.324 e. The predicted molar refractivity (Wildman–Crippen MR) is 53.8 cm³/mol. The molecule has 1 rings (SSSR count). The van der Waals surface area contributed by atoms with Gasteiger partial charge in [-0.1, -0.05) is 17.7 Å². The largest absolute Gasteiger partial charge is 0.390 e. The monoisotopic (exact) mass is 237 g/mol. The number of aryl methyl sites for hydroxylation is 1. The van der Waals surface area contributed by atoms with Crippen molar-refractivity contribution >= 4 is 11.6 Å². The van der Waals surface area contributed by atoms with Crippen molar-refractivity contribution in [3.63, 3.8) is 0 Å². The van der Waals surface area contributed by atoms with Gasteiger partial charge in [-0.3, -0.25) is 0 Å². The highest BCUT2D eigenvalue weighted by Gasteiger charge is 2.31. The molecule has 1 aromatic rings. The van der Waals surface area contributed by atoms with Gasteiger partial charge in [0.2, 0.25) is 0 Å².